The van der Waals surface area contributed by atoms with Crippen LogP contribution in [0.4, 0.5) is 0 Å². The van der Waals surface area contributed by atoms with Crippen molar-refractivity contribution in [2.24, 2.45) is 0 Å². The number of rotatable bonds is 1. The summed E-state index contributed by atoms with van der Waals surface area (Å²) in [4.78, 5) is 0. The van der Waals surface area contributed by atoms with E-state index in [-0.39, 0.29) is 5.41 Å². The van der Waals surface area contributed by atoms with Crippen LogP contribution < -0.4 is 10.6 Å². The molecule has 11 rings (SSSR count). The molecule has 0 amide bonds. The molecule has 0 fully saturated rings. The first kappa shape index (κ1) is 25.8. The lowest BCUT2D eigenvalue weighted by Gasteiger charge is -2.31. The van der Waals surface area contributed by atoms with Crippen LogP contribution in [0, 0.1) is 0 Å². The molecule has 4 aliphatic carbocycles. The third-order valence-electron chi connectivity index (χ3n) is 11.8. The number of fused-ring (bicyclic) bond motifs is 17. The fourth-order valence-electron chi connectivity index (χ4n) is 9.96. The van der Waals surface area contributed by atoms with Crippen molar-refractivity contribution in [3.63, 3.8) is 0 Å². The molecule has 0 bridgehead atoms. The van der Waals surface area contributed by atoms with Crippen molar-refractivity contribution in [2.45, 2.75) is 37.5 Å². The van der Waals surface area contributed by atoms with E-state index < -0.39 is 5.41 Å². The third kappa shape index (κ3) is 2.93. The summed E-state index contributed by atoms with van der Waals surface area (Å²) < 4.78 is 2.63. The number of hydrogen-bond donors (Lipinski definition) is 0. The fraction of sp³-hybridized carbons (Fsp3) is 0.130. The highest BCUT2D eigenvalue weighted by atomic mass is 15.0. The molecular weight excluding hydrogens is 567 g/mol. The van der Waals surface area contributed by atoms with Crippen molar-refractivity contribution in [1.29, 1.82) is 0 Å². The lowest BCUT2D eigenvalue weighted by molar-refractivity contribution is 0.659. The predicted molar refractivity (Wildman–Crippen MR) is 195 cm³/mol. The Labute approximate surface area is 274 Å². The maximum atomic E-state index is 2.63. The molecule has 1 heteroatoms. The summed E-state index contributed by atoms with van der Waals surface area (Å²) in [7, 11) is 0. The van der Waals surface area contributed by atoms with E-state index >= 15 is 0 Å². The second-order valence-electron chi connectivity index (χ2n) is 14.3. The molecule has 1 spiro atoms. The first-order valence-electron chi connectivity index (χ1n) is 17.0. The van der Waals surface area contributed by atoms with E-state index in [2.05, 4.69) is 158 Å². The van der Waals surface area contributed by atoms with Crippen LogP contribution in [0.25, 0.3) is 62.1 Å². The van der Waals surface area contributed by atoms with Crippen LogP contribution in [0.1, 0.15) is 60.1 Å². The van der Waals surface area contributed by atoms with Crippen molar-refractivity contribution >= 4 is 23.1 Å². The van der Waals surface area contributed by atoms with Gasteiger partial charge in [0.25, 0.3) is 0 Å². The van der Waals surface area contributed by atoms with Crippen molar-refractivity contribution in [2.75, 3.05) is 0 Å². The van der Waals surface area contributed by atoms with Gasteiger partial charge in [-0.1, -0.05) is 141 Å². The Kier molecular flexibility index (Phi) is 4.76. The summed E-state index contributed by atoms with van der Waals surface area (Å²) in [6, 6.07) is 48.6. The van der Waals surface area contributed by atoms with Crippen LogP contribution in [-0.2, 0) is 10.8 Å². The molecular formula is C46H33N. The molecule has 1 aromatic heterocycles. The predicted octanol–water partition coefficient (Wildman–Crippen LogP) is 9.64. The molecule has 4 aliphatic rings. The highest BCUT2D eigenvalue weighted by molar-refractivity contribution is 6.04. The lowest BCUT2D eigenvalue weighted by atomic mass is 9.70. The van der Waals surface area contributed by atoms with E-state index in [0.717, 1.165) is 12.8 Å². The number of nitrogens with zero attached hydrogens (tertiary/aromatic N) is 1. The molecule has 7 aromatic rings. The van der Waals surface area contributed by atoms with Gasteiger partial charge in [-0.05, 0) is 86.2 Å². The standard InChI is InChI=1S/C46H33N/c1-45(2)37-18-8-3-13-29(37)33-24-23-28(27-41(33)45)47-42-22-12-7-17-34(42)36-26-25-35-32-16-6-11-21-40(32)46(43(35)44(36)47)38-19-9-4-14-30(38)31-15-5-10-20-39(31)46/h3-6,8-11,13-27H,7,12H2,1-2H3. The molecule has 0 N–H and O–H groups in total. The van der Waals surface area contributed by atoms with Crippen molar-refractivity contribution in [3.05, 3.63) is 171 Å². The second-order valence-corrected chi connectivity index (χ2v) is 14.3. The molecule has 1 nitrogen and oxygen atoms in total. The number of benzene rings is 6. The summed E-state index contributed by atoms with van der Waals surface area (Å²) in [6.45, 7) is 4.78. The van der Waals surface area contributed by atoms with E-state index in [1.54, 1.807) is 0 Å². The van der Waals surface area contributed by atoms with Gasteiger partial charge in [0.1, 0.15) is 0 Å². The monoisotopic (exact) mass is 599 g/mol. The molecule has 0 saturated heterocycles. The maximum Gasteiger partial charge on any atom is 0.0746 e. The minimum atomic E-state index is -0.399. The summed E-state index contributed by atoms with van der Waals surface area (Å²) >= 11 is 0. The number of aromatic nitrogens is 1. The van der Waals surface area contributed by atoms with Crippen molar-refractivity contribution in [3.8, 4) is 39.1 Å². The lowest BCUT2D eigenvalue weighted by Crippen LogP contribution is -2.31. The molecule has 0 unspecified atom stereocenters. The van der Waals surface area contributed by atoms with Gasteiger partial charge in [0, 0.05) is 32.6 Å². The minimum absolute atomic E-state index is 0.0659. The maximum absolute atomic E-state index is 2.63. The van der Waals surface area contributed by atoms with E-state index in [9.17, 15) is 0 Å². The number of hydrogen-bond acceptors (Lipinski definition) is 0. The minimum Gasteiger partial charge on any atom is -0.309 e. The van der Waals surface area contributed by atoms with Crippen LogP contribution in [0.15, 0.2) is 127 Å². The van der Waals surface area contributed by atoms with Gasteiger partial charge in [-0.3, -0.25) is 0 Å². The second kappa shape index (κ2) is 8.69. The van der Waals surface area contributed by atoms with Gasteiger partial charge < -0.3 is 4.57 Å². The Bertz CT molecular complexity index is 2600. The fourth-order valence-corrected chi connectivity index (χ4v) is 9.96. The van der Waals surface area contributed by atoms with Gasteiger partial charge in [0.2, 0.25) is 0 Å². The summed E-state index contributed by atoms with van der Waals surface area (Å²) in [5, 5.41) is 4.06. The Hall–Kier alpha value is -5.40. The molecule has 0 saturated carbocycles. The third-order valence-corrected chi connectivity index (χ3v) is 11.8. The van der Waals surface area contributed by atoms with Gasteiger partial charge >= 0.3 is 0 Å². The first-order chi connectivity index (χ1) is 23.1. The normalized spacial score (nSPS) is 16.4. The average molecular weight is 600 g/mol. The Morgan fingerprint density at radius 3 is 1.66 bits per heavy atom. The van der Waals surface area contributed by atoms with E-state index in [4.69, 9.17) is 0 Å². The summed E-state index contributed by atoms with van der Waals surface area (Å²) in [6.07, 6.45) is 7.11. The van der Waals surface area contributed by atoms with Crippen LogP contribution in [0.5, 0.6) is 0 Å². The van der Waals surface area contributed by atoms with Gasteiger partial charge in [-0.25, -0.2) is 0 Å². The van der Waals surface area contributed by atoms with Crippen LogP contribution in [0.2, 0.25) is 0 Å². The molecule has 6 aromatic carbocycles. The quantitative estimate of drug-likeness (QED) is 0.177. The first-order valence-corrected chi connectivity index (χ1v) is 17.0. The van der Waals surface area contributed by atoms with Crippen LogP contribution in [-0.4, -0.2) is 4.57 Å². The molecule has 0 radical (unpaired) electrons. The molecule has 1 heterocycles. The summed E-state index contributed by atoms with van der Waals surface area (Å²) in [5.74, 6) is 0. The smallest absolute Gasteiger partial charge is 0.0746 e. The summed E-state index contributed by atoms with van der Waals surface area (Å²) in [5.41, 5.74) is 18.7. The van der Waals surface area contributed by atoms with Crippen molar-refractivity contribution < 1.29 is 0 Å². The van der Waals surface area contributed by atoms with E-state index in [1.165, 1.54) is 93.9 Å². The van der Waals surface area contributed by atoms with Crippen LogP contribution >= 0.6 is 0 Å². The van der Waals surface area contributed by atoms with E-state index in [1.807, 2.05) is 0 Å². The SMILES string of the molecule is CC1(C)c2ccccc2-c2ccc(-n3c4c(c5ccc6c(c53)C3(c5ccccc5-c5ccccc53)c3ccccc3-6)=CCCC=4)cc21. The Balaban J connectivity index is 1.32. The Morgan fingerprint density at radius 2 is 1.00 bits per heavy atom. The highest BCUT2D eigenvalue weighted by Gasteiger charge is 2.53. The highest BCUT2D eigenvalue weighted by Crippen LogP contribution is 2.64. The molecule has 47 heavy (non-hydrogen) atoms. The topological polar surface area (TPSA) is 4.93 Å². The van der Waals surface area contributed by atoms with Crippen molar-refractivity contribution in [1.82, 2.24) is 4.57 Å². The largest absolute Gasteiger partial charge is 0.309 e. The zero-order chi connectivity index (χ0) is 31.1. The van der Waals surface area contributed by atoms with Gasteiger partial charge in [0.15, 0.2) is 0 Å². The zero-order valence-electron chi connectivity index (χ0n) is 26.6. The molecule has 0 atom stereocenters. The van der Waals surface area contributed by atoms with Gasteiger partial charge in [-0.15, -0.1) is 0 Å². The van der Waals surface area contributed by atoms with Gasteiger partial charge in [-0.2, -0.15) is 0 Å². The zero-order valence-corrected chi connectivity index (χ0v) is 26.6. The van der Waals surface area contributed by atoms with E-state index in [0.29, 0.717) is 0 Å². The Morgan fingerprint density at radius 1 is 0.489 bits per heavy atom. The van der Waals surface area contributed by atoms with Crippen LogP contribution in [0.3, 0.4) is 0 Å². The average Bonchev–Trinajstić information content (AvgIpc) is 3.79. The molecule has 222 valence electrons. The molecule has 0 aliphatic heterocycles. The van der Waals surface area contributed by atoms with Gasteiger partial charge in [0.05, 0.1) is 10.9 Å².